The lowest BCUT2D eigenvalue weighted by atomic mass is 10.1. The molecule has 1 heterocycles. The molecule has 0 bridgehead atoms. The van der Waals surface area contributed by atoms with Gasteiger partial charge in [-0.1, -0.05) is 18.2 Å². The summed E-state index contributed by atoms with van der Waals surface area (Å²) < 4.78 is 24.6. The Morgan fingerprint density at radius 2 is 2.07 bits per heavy atom. The van der Waals surface area contributed by atoms with Crippen LogP contribution in [0.3, 0.4) is 0 Å². The predicted molar refractivity (Wildman–Crippen MR) is 56.1 cm³/mol. The molecule has 0 aromatic heterocycles. The summed E-state index contributed by atoms with van der Waals surface area (Å²) in [6, 6.07) is 8.03. The van der Waals surface area contributed by atoms with E-state index in [1.54, 1.807) is 0 Å². The topological polar surface area (TPSA) is 0 Å². The number of benzene rings is 1. The summed E-state index contributed by atoms with van der Waals surface area (Å²) in [5, 5.41) is 0. The Morgan fingerprint density at radius 3 is 2.86 bits per heavy atom. The number of rotatable bonds is 2. The molecule has 0 aliphatic carbocycles. The lowest BCUT2D eigenvalue weighted by molar-refractivity contribution is 0.176. The maximum absolute atomic E-state index is 12.3. The van der Waals surface area contributed by atoms with Crippen LogP contribution in [0.2, 0.25) is 0 Å². The van der Waals surface area contributed by atoms with E-state index in [0.717, 1.165) is 18.6 Å². The molecule has 1 unspecified atom stereocenters. The summed E-state index contributed by atoms with van der Waals surface area (Å²) in [7, 11) is -0.200. The van der Waals surface area contributed by atoms with Crippen LogP contribution in [-0.4, -0.2) is 17.9 Å². The Bertz CT molecular complexity index is 312. The molecular formula is C11H13F2S+. The predicted octanol–water partition coefficient (Wildman–Crippen LogP) is 2.88. The number of hydrogen-bond donors (Lipinski definition) is 0. The van der Waals surface area contributed by atoms with Crippen LogP contribution in [0, 0.1) is 0 Å². The van der Waals surface area contributed by atoms with E-state index in [2.05, 4.69) is 6.07 Å². The van der Waals surface area contributed by atoms with Gasteiger partial charge in [0.05, 0.1) is 0 Å². The van der Waals surface area contributed by atoms with E-state index in [4.69, 9.17) is 0 Å². The van der Waals surface area contributed by atoms with Gasteiger partial charge in [-0.2, -0.15) is 0 Å². The van der Waals surface area contributed by atoms with Gasteiger partial charge in [-0.15, -0.1) is 0 Å². The van der Waals surface area contributed by atoms with E-state index in [9.17, 15) is 8.78 Å². The number of aryl methyl sites for hydroxylation is 1. The highest BCUT2D eigenvalue weighted by molar-refractivity contribution is 7.97. The fourth-order valence-electron chi connectivity index (χ4n) is 1.86. The van der Waals surface area contributed by atoms with Crippen LogP contribution in [0.5, 0.6) is 0 Å². The van der Waals surface area contributed by atoms with Crippen LogP contribution in [0.25, 0.3) is 0 Å². The summed E-state index contributed by atoms with van der Waals surface area (Å²) in [4.78, 5) is 1.18. The average Bonchev–Trinajstić information content (AvgIpc) is 2.18. The van der Waals surface area contributed by atoms with E-state index >= 15 is 0 Å². The first-order chi connectivity index (χ1) is 6.77. The van der Waals surface area contributed by atoms with E-state index in [-0.39, 0.29) is 16.6 Å². The van der Waals surface area contributed by atoms with Gasteiger partial charge in [0.15, 0.2) is 10.6 Å². The van der Waals surface area contributed by atoms with Gasteiger partial charge in [-0.3, -0.25) is 0 Å². The van der Waals surface area contributed by atoms with E-state index in [1.807, 2.05) is 18.2 Å². The lowest BCUT2D eigenvalue weighted by Crippen LogP contribution is -2.23. The van der Waals surface area contributed by atoms with Crippen molar-refractivity contribution < 1.29 is 8.78 Å². The van der Waals surface area contributed by atoms with Crippen LogP contribution in [0.15, 0.2) is 29.2 Å². The Hall–Kier alpha value is -0.570. The summed E-state index contributed by atoms with van der Waals surface area (Å²) in [6.45, 7) is 0. The Labute approximate surface area is 85.7 Å². The van der Waals surface area contributed by atoms with Crippen molar-refractivity contribution in [1.29, 1.82) is 0 Å². The lowest BCUT2D eigenvalue weighted by Gasteiger charge is -2.16. The zero-order chi connectivity index (χ0) is 9.97. The van der Waals surface area contributed by atoms with Crippen LogP contribution in [-0.2, 0) is 17.3 Å². The Morgan fingerprint density at radius 1 is 1.29 bits per heavy atom. The fourth-order valence-corrected chi connectivity index (χ4v) is 4.04. The largest absolute Gasteiger partial charge is 0.282 e. The van der Waals surface area contributed by atoms with Gasteiger partial charge in [0.1, 0.15) is 5.75 Å². The Balaban J connectivity index is 2.22. The second-order valence-corrected chi connectivity index (χ2v) is 5.63. The van der Waals surface area contributed by atoms with Crippen molar-refractivity contribution in [3.05, 3.63) is 29.8 Å². The zero-order valence-corrected chi connectivity index (χ0v) is 8.70. The Kier molecular flexibility index (Phi) is 3.06. The second kappa shape index (κ2) is 4.30. The van der Waals surface area contributed by atoms with Crippen molar-refractivity contribution in [2.45, 2.75) is 24.2 Å². The van der Waals surface area contributed by atoms with Crippen LogP contribution < -0.4 is 0 Å². The molecule has 0 fully saturated rings. The molecule has 1 aromatic carbocycles. The van der Waals surface area contributed by atoms with E-state index in [1.165, 1.54) is 10.5 Å². The summed E-state index contributed by atoms with van der Waals surface area (Å²) >= 11 is 0. The van der Waals surface area contributed by atoms with Crippen molar-refractivity contribution in [3.8, 4) is 0 Å². The molecule has 0 saturated heterocycles. The molecule has 2 rings (SSSR count). The van der Waals surface area contributed by atoms with Crippen molar-refractivity contribution in [1.82, 2.24) is 0 Å². The van der Waals surface area contributed by atoms with Gasteiger partial charge in [-0.25, -0.2) is 8.78 Å². The molecule has 14 heavy (non-hydrogen) atoms. The summed E-state index contributed by atoms with van der Waals surface area (Å²) in [5.74, 6) is 0.998. The summed E-state index contributed by atoms with van der Waals surface area (Å²) in [5.41, 5.74) is 1.28. The fraction of sp³-hybridized carbons (Fsp3) is 0.455. The van der Waals surface area contributed by atoms with Gasteiger partial charge < -0.3 is 0 Å². The molecule has 3 heteroatoms. The number of alkyl halides is 2. The van der Waals surface area contributed by atoms with Crippen molar-refractivity contribution in [3.63, 3.8) is 0 Å². The average molecular weight is 215 g/mol. The minimum atomic E-state index is -2.16. The molecule has 0 N–H and O–H groups in total. The van der Waals surface area contributed by atoms with Crippen molar-refractivity contribution in [2.24, 2.45) is 0 Å². The van der Waals surface area contributed by atoms with E-state index in [0.29, 0.717) is 0 Å². The zero-order valence-electron chi connectivity index (χ0n) is 7.88. The van der Waals surface area contributed by atoms with Crippen molar-refractivity contribution >= 4 is 10.9 Å². The molecule has 1 aliphatic heterocycles. The van der Waals surface area contributed by atoms with Crippen molar-refractivity contribution in [2.75, 3.05) is 11.5 Å². The summed E-state index contributed by atoms with van der Waals surface area (Å²) in [6.07, 6.45) is -0.0417. The third-order valence-electron chi connectivity index (χ3n) is 2.45. The van der Waals surface area contributed by atoms with Gasteiger partial charge in [-0.05, 0) is 18.9 Å². The van der Waals surface area contributed by atoms with Gasteiger partial charge in [0.2, 0.25) is 0 Å². The van der Waals surface area contributed by atoms with E-state index < -0.39 is 6.43 Å². The highest BCUT2D eigenvalue weighted by atomic mass is 32.2. The number of halogens is 2. The molecule has 1 aromatic rings. The van der Waals surface area contributed by atoms with Crippen LogP contribution in [0.1, 0.15) is 12.0 Å². The number of hydrogen-bond acceptors (Lipinski definition) is 0. The maximum Gasteiger partial charge on any atom is 0.282 e. The first-order valence-corrected chi connectivity index (χ1v) is 6.37. The maximum atomic E-state index is 12.3. The standard InChI is InChI=1S/C11H13F2S/c12-11(13)8-14-7-3-5-9-4-1-2-6-10(9)14/h1-2,4,6,11H,3,5,7-8H2/q+1. The van der Waals surface area contributed by atoms with Gasteiger partial charge in [0.25, 0.3) is 6.43 Å². The van der Waals surface area contributed by atoms with Crippen LogP contribution in [0.4, 0.5) is 8.78 Å². The molecule has 0 spiro atoms. The second-order valence-electron chi connectivity index (χ2n) is 3.47. The molecule has 0 radical (unpaired) electrons. The highest BCUT2D eigenvalue weighted by Crippen LogP contribution is 2.27. The normalized spacial score (nSPS) is 20.9. The molecular weight excluding hydrogens is 202 g/mol. The van der Waals surface area contributed by atoms with Gasteiger partial charge in [0, 0.05) is 16.5 Å². The van der Waals surface area contributed by atoms with Crippen LogP contribution >= 0.6 is 0 Å². The quantitative estimate of drug-likeness (QED) is 0.665. The smallest absolute Gasteiger partial charge is 0.205 e. The molecule has 1 aliphatic rings. The minimum absolute atomic E-state index is 0.0526. The SMILES string of the molecule is FC(F)C[S+]1CCCc2ccccc21. The minimum Gasteiger partial charge on any atom is -0.205 e. The third-order valence-corrected chi connectivity index (χ3v) is 4.90. The highest BCUT2D eigenvalue weighted by Gasteiger charge is 2.31. The number of fused-ring (bicyclic) bond motifs is 1. The first kappa shape index (κ1) is 9.97. The first-order valence-electron chi connectivity index (χ1n) is 4.81. The molecule has 0 amide bonds. The monoisotopic (exact) mass is 215 g/mol. The molecule has 76 valence electrons. The molecule has 0 saturated carbocycles. The molecule has 1 atom stereocenters. The third kappa shape index (κ3) is 2.08. The molecule has 0 nitrogen and oxygen atoms in total. The van der Waals surface area contributed by atoms with Gasteiger partial charge >= 0.3 is 0 Å².